The maximum absolute atomic E-state index is 12.9. The number of barbiturate groups is 1. The first-order chi connectivity index (χ1) is 14.0. The molecule has 2 fully saturated rings. The van der Waals surface area contributed by atoms with Gasteiger partial charge in [0, 0.05) is 23.6 Å². The van der Waals surface area contributed by atoms with Crippen LogP contribution in [0.5, 0.6) is 0 Å². The van der Waals surface area contributed by atoms with Gasteiger partial charge in [0.05, 0.1) is 5.56 Å². The fraction of sp³-hybridized carbons (Fsp3) is 0.238. The number of carboxylic acid groups (broad SMARTS) is 1. The number of carbonyl (C=O) groups is 4. The molecule has 2 aliphatic rings. The molecule has 0 radical (unpaired) electrons. The Kier molecular flexibility index (Phi) is 4.75. The molecule has 29 heavy (non-hydrogen) atoms. The van der Waals surface area contributed by atoms with Crippen molar-refractivity contribution in [2.75, 3.05) is 0 Å². The standard InChI is InChI=1S/C21H19N3O5/c25-18-17(19(26)24(21(29)22-18)15-4-1-2-5-15)12-16-6-3-11-23(16)14-9-7-13(8-10-14)20(27)28/h3,6-12,15H,1-2,4-5H2,(H,27,28)(H,22,25,29)/b17-12+. The zero-order valence-corrected chi connectivity index (χ0v) is 15.5. The average molecular weight is 393 g/mol. The van der Waals surface area contributed by atoms with Crippen LogP contribution in [-0.4, -0.2) is 44.4 Å². The van der Waals surface area contributed by atoms with Crippen molar-refractivity contribution < 1.29 is 24.3 Å². The van der Waals surface area contributed by atoms with Crippen LogP contribution in [0, 0.1) is 0 Å². The van der Waals surface area contributed by atoms with Gasteiger partial charge in [-0.25, -0.2) is 9.59 Å². The summed E-state index contributed by atoms with van der Waals surface area (Å²) in [6.07, 6.45) is 6.58. The Bertz CT molecular complexity index is 1030. The molecule has 2 aromatic rings. The topological polar surface area (TPSA) is 109 Å². The smallest absolute Gasteiger partial charge is 0.335 e. The van der Waals surface area contributed by atoms with E-state index in [4.69, 9.17) is 5.11 Å². The van der Waals surface area contributed by atoms with Crippen LogP contribution in [0.25, 0.3) is 11.8 Å². The van der Waals surface area contributed by atoms with E-state index in [1.54, 1.807) is 35.0 Å². The zero-order valence-electron chi connectivity index (χ0n) is 15.5. The Morgan fingerprint density at radius 1 is 1.07 bits per heavy atom. The molecule has 1 aromatic carbocycles. The summed E-state index contributed by atoms with van der Waals surface area (Å²) in [4.78, 5) is 49.7. The van der Waals surface area contributed by atoms with Crippen LogP contribution in [0.15, 0.2) is 48.2 Å². The van der Waals surface area contributed by atoms with Gasteiger partial charge in [-0.15, -0.1) is 0 Å². The highest BCUT2D eigenvalue weighted by Crippen LogP contribution is 2.27. The van der Waals surface area contributed by atoms with E-state index < -0.39 is 23.8 Å². The van der Waals surface area contributed by atoms with E-state index in [1.165, 1.54) is 18.2 Å². The molecule has 1 aromatic heterocycles. The number of carboxylic acids is 1. The molecule has 0 bridgehead atoms. The second-order valence-electron chi connectivity index (χ2n) is 7.09. The van der Waals surface area contributed by atoms with Crippen LogP contribution in [-0.2, 0) is 9.59 Å². The summed E-state index contributed by atoms with van der Waals surface area (Å²) >= 11 is 0. The summed E-state index contributed by atoms with van der Waals surface area (Å²) in [7, 11) is 0. The summed E-state index contributed by atoms with van der Waals surface area (Å²) in [5, 5.41) is 11.3. The van der Waals surface area contributed by atoms with E-state index in [1.807, 2.05) is 0 Å². The lowest BCUT2D eigenvalue weighted by Gasteiger charge is -2.31. The molecule has 8 nitrogen and oxygen atoms in total. The molecular formula is C21H19N3O5. The minimum Gasteiger partial charge on any atom is -0.478 e. The first-order valence-corrected chi connectivity index (χ1v) is 9.37. The summed E-state index contributed by atoms with van der Waals surface area (Å²) < 4.78 is 1.73. The average Bonchev–Trinajstić information content (AvgIpc) is 3.37. The fourth-order valence-corrected chi connectivity index (χ4v) is 3.82. The Hall–Kier alpha value is -3.68. The third kappa shape index (κ3) is 3.44. The molecule has 1 aliphatic carbocycles. The molecule has 1 saturated carbocycles. The Morgan fingerprint density at radius 2 is 1.76 bits per heavy atom. The van der Waals surface area contributed by atoms with Crippen molar-refractivity contribution in [1.29, 1.82) is 0 Å². The predicted octanol–water partition coefficient (Wildman–Crippen LogP) is 2.58. The fourth-order valence-electron chi connectivity index (χ4n) is 3.82. The van der Waals surface area contributed by atoms with E-state index in [0.29, 0.717) is 11.4 Å². The van der Waals surface area contributed by atoms with Gasteiger partial charge >= 0.3 is 12.0 Å². The largest absolute Gasteiger partial charge is 0.478 e. The molecule has 0 atom stereocenters. The molecule has 8 heteroatoms. The van der Waals surface area contributed by atoms with Gasteiger partial charge in [-0.05, 0) is 55.3 Å². The zero-order chi connectivity index (χ0) is 20.5. The van der Waals surface area contributed by atoms with Crippen LogP contribution in [0.4, 0.5) is 4.79 Å². The Labute approximate surface area is 166 Å². The molecule has 148 valence electrons. The number of hydrogen-bond acceptors (Lipinski definition) is 4. The lowest BCUT2D eigenvalue weighted by atomic mass is 10.1. The first kappa shape index (κ1) is 18.7. The second-order valence-corrected chi connectivity index (χ2v) is 7.09. The van der Waals surface area contributed by atoms with E-state index in [-0.39, 0.29) is 17.2 Å². The number of rotatable bonds is 4. The Morgan fingerprint density at radius 3 is 2.41 bits per heavy atom. The highest BCUT2D eigenvalue weighted by molar-refractivity contribution is 6.31. The number of hydrogen-bond donors (Lipinski definition) is 2. The van der Waals surface area contributed by atoms with E-state index in [9.17, 15) is 19.2 Å². The molecule has 4 rings (SSSR count). The molecule has 4 amide bonds. The van der Waals surface area contributed by atoms with E-state index in [2.05, 4.69) is 5.32 Å². The normalized spacial score (nSPS) is 19.1. The van der Waals surface area contributed by atoms with Gasteiger partial charge in [-0.3, -0.25) is 19.8 Å². The van der Waals surface area contributed by atoms with Crippen molar-refractivity contribution in [3.8, 4) is 5.69 Å². The molecule has 0 spiro atoms. The number of imide groups is 2. The van der Waals surface area contributed by atoms with Crippen molar-refractivity contribution in [3.63, 3.8) is 0 Å². The molecule has 2 N–H and O–H groups in total. The van der Waals surface area contributed by atoms with Gasteiger partial charge < -0.3 is 9.67 Å². The number of nitrogens with one attached hydrogen (secondary N) is 1. The lowest BCUT2D eigenvalue weighted by Crippen LogP contribution is -2.57. The number of nitrogens with zero attached hydrogens (tertiary/aromatic N) is 2. The summed E-state index contributed by atoms with van der Waals surface area (Å²) in [6.45, 7) is 0. The number of amides is 4. The minimum atomic E-state index is -1.02. The van der Waals surface area contributed by atoms with Gasteiger partial charge in [0.25, 0.3) is 11.8 Å². The Balaban J connectivity index is 1.68. The molecular weight excluding hydrogens is 374 g/mol. The molecule has 0 unspecified atom stereocenters. The van der Waals surface area contributed by atoms with Crippen LogP contribution < -0.4 is 5.32 Å². The molecule has 1 saturated heterocycles. The monoisotopic (exact) mass is 393 g/mol. The third-order valence-electron chi connectivity index (χ3n) is 5.29. The van der Waals surface area contributed by atoms with Gasteiger partial charge in [0.15, 0.2) is 0 Å². The van der Waals surface area contributed by atoms with Crippen LogP contribution in [0.3, 0.4) is 0 Å². The number of urea groups is 1. The lowest BCUT2D eigenvalue weighted by molar-refractivity contribution is -0.131. The summed E-state index contributed by atoms with van der Waals surface area (Å²) in [6, 6.07) is 8.88. The minimum absolute atomic E-state index is 0.0985. The van der Waals surface area contributed by atoms with Gasteiger partial charge in [-0.2, -0.15) is 0 Å². The van der Waals surface area contributed by atoms with Gasteiger partial charge in [0.1, 0.15) is 5.57 Å². The number of carbonyl (C=O) groups excluding carboxylic acids is 3. The molecule has 2 heterocycles. The number of aromatic carboxylic acids is 1. The van der Waals surface area contributed by atoms with Crippen molar-refractivity contribution in [3.05, 3.63) is 59.4 Å². The highest BCUT2D eigenvalue weighted by Gasteiger charge is 2.40. The van der Waals surface area contributed by atoms with Crippen molar-refractivity contribution in [1.82, 2.24) is 14.8 Å². The van der Waals surface area contributed by atoms with Crippen molar-refractivity contribution in [2.45, 2.75) is 31.7 Å². The summed E-state index contributed by atoms with van der Waals surface area (Å²) in [5.41, 5.74) is 1.30. The SMILES string of the molecule is O=C1NC(=O)N(C2CCCC2)C(=O)/C1=C/c1cccn1-c1ccc(C(=O)O)cc1. The summed E-state index contributed by atoms with van der Waals surface area (Å²) in [5.74, 6) is -2.32. The molecule has 1 aliphatic heterocycles. The number of aromatic nitrogens is 1. The van der Waals surface area contributed by atoms with Crippen molar-refractivity contribution in [2.24, 2.45) is 0 Å². The quantitative estimate of drug-likeness (QED) is 0.613. The maximum atomic E-state index is 12.9. The predicted molar refractivity (Wildman–Crippen MR) is 103 cm³/mol. The van der Waals surface area contributed by atoms with Gasteiger partial charge in [-0.1, -0.05) is 12.8 Å². The van der Waals surface area contributed by atoms with Crippen LogP contribution in [0.1, 0.15) is 41.7 Å². The first-order valence-electron chi connectivity index (χ1n) is 9.37. The highest BCUT2D eigenvalue weighted by atomic mass is 16.4. The van der Waals surface area contributed by atoms with Crippen molar-refractivity contribution >= 4 is 29.9 Å². The van der Waals surface area contributed by atoms with E-state index >= 15 is 0 Å². The van der Waals surface area contributed by atoms with Crippen LogP contribution in [0.2, 0.25) is 0 Å². The maximum Gasteiger partial charge on any atom is 0.335 e. The second kappa shape index (κ2) is 7.38. The third-order valence-corrected chi connectivity index (χ3v) is 5.29. The number of benzene rings is 1. The van der Waals surface area contributed by atoms with Crippen LogP contribution >= 0.6 is 0 Å². The van der Waals surface area contributed by atoms with Gasteiger partial charge in [0.2, 0.25) is 0 Å². The van der Waals surface area contributed by atoms with E-state index in [0.717, 1.165) is 30.6 Å².